The standard InChI is InChI=1S/C15H28N2O.ClH/c1-5-6-11(16)13(18)17-12-9-10-7-8-15(12,4)14(10,2)3;/h10-12H,5-9,16H2,1-4H3,(H,17,18);1H. The van der Waals surface area contributed by atoms with E-state index in [2.05, 4.69) is 33.0 Å². The van der Waals surface area contributed by atoms with Gasteiger partial charge in [0.15, 0.2) is 0 Å². The van der Waals surface area contributed by atoms with Gasteiger partial charge >= 0.3 is 0 Å². The van der Waals surface area contributed by atoms with Gasteiger partial charge < -0.3 is 11.1 Å². The van der Waals surface area contributed by atoms with Crippen molar-refractivity contribution in [2.24, 2.45) is 22.5 Å². The third-order valence-corrected chi connectivity index (χ3v) is 6.05. The molecule has 3 N–H and O–H groups in total. The third-order valence-electron chi connectivity index (χ3n) is 6.05. The average molecular weight is 289 g/mol. The Kier molecular flexibility index (Phi) is 4.95. The molecule has 0 aromatic heterocycles. The molecule has 0 aromatic rings. The van der Waals surface area contributed by atoms with Crippen LogP contribution >= 0.6 is 12.4 Å². The van der Waals surface area contributed by atoms with Gasteiger partial charge in [0.1, 0.15) is 0 Å². The highest BCUT2D eigenvalue weighted by Gasteiger charge is 2.61. The lowest BCUT2D eigenvalue weighted by molar-refractivity contribution is -0.124. The summed E-state index contributed by atoms with van der Waals surface area (Å²) in [5.41, 5.74) is 6.50. The molecule has 2 saturated carbocycles. The van der Waals surface area contributed by atoms with Gasteiger partial charge in [-0.05, 0) is 42.4 Å². The van der Waals surface area contributed by atoms with Crippen LogP contribution in [0.4, 0.5) is 0 Å². The first kappa shape index (κ1) is 16.8. The molecule has 2 rings (SSSR count). The maximum absolute atomic E-state index is 12.1. The molecule has 2 aliphatic carbocycles. The van der Waals surface area contributed by atoms with Gasteiger partial charge in [-0.25, -0.2) is 0 Å². The first-order valence-electron chi connectivity index (χ1n) is 7.39. The van der Waals surface area contributed by atoms with E-state index in [4.69, 9.17) is 5.73 Å². The van der Waals surface area contributed by atoms with Gasteiger partial charge in [0.2, 0.25) is 5.91 Å². The molecule has 2 fully saturated rings. The number of nitrogens with one attached hydrogen (secondary N) is 1. The van der Waals surface area contributed by atoms with E-state index in [1.54, 1.807) is 0 Å². The minimum absolute atomic E-state index is 0. The van der Waals surface area contributed by atoms with Crippen LogP contribution in [0.3, 0.4) is 0 Å². The normalized spacial score (nSPS) is 36.7. The number of halogens is 1. The van der Waals surface area contributed by atoms with Crippen LogP contribution in [0.2, 0.25) is 0 Å². The van der Waals surface area contributed by atoms with E-state index in [-0.39, 0.29) is 29.8 Å². The number of hydrogen-bond donors (Lipinski definition) is 2. The lowest BCUT2D eigenvalue weighted by Crippen LogP contribution is -2.51. The SMILES string of the molecule is CCCC(N)C(=O)NC1CC2CCC1(C)C2(C)C.Cl. The van der Waals surface area contributed by atoms with Gasteiger partial charge in [0.05, 0.1) is 6.04 Å². The molecule has 0 aliphatic heterocycles. The maximum Gasteiger partial charge on any atom is 0.237 e. The number of nitrogens with two attached hydrogens (primary N) is 1. The zero-order chi connectivity index (χ0) is 13.6. The first-order valence-corrected chi connectivity index (χ1v) is 7.39. The molecule has 112 valence electrons. The monoisotopic (exact) mass is 288 g/mol. The molecular weight excluding hydrogens is 260 g/mol. The van der Waals surface area contributed by atoms with Crippen LogP contribution in [0, 0.1) is 16.7 Å². The molecule has 0 aromatic carbocycles. The summed E-state index contributed by atoms with van der Waals surface area (Å²) < 4.78 is 0. The summed E-state index contributed by atoms with van der Waals surface area (Å²) in [6.45, 7) is 9.14. The summed E-state index contributed by atoms with van der Waals surface area (Å²) in [6.07, 6.45) is 5.43. The molecule has 2 aliphatic rings. The van der Waals surface area contributed by atoms with E-state index < -0.39 is 0 Å². The van der Waals surface area contributed by atoms with E-state index in [1.165, 1.54) is 12.8 Å². The van der Waals surface area contributed by atoms with Gasteiger partial charge in [0, 0.05) is 6.04 Å². The largest absolute Gasteiger partial charge is 0.351 e. The van der Waals surface area contributed by atoms with Crippen molar-refractivity contribution in [1.82, 2.24) is 5.32 Å². The second-order valence-electron chi connectivity index (χ2n) is 7.07. The molecule has 1 amide bonds. The summed E-state index contributed by atoms with van der Waals surface area (Å²) in [4.78, 5) is 12.1. The molecule has 4 heteroatoms. The molecule has 0 radical (unpaired) electrons. The fourth-order valence-electron chi connectivity index (χ4n) is 4.14. The molecule has 19 heavy (non-hydrogen) atoms. The number of carbonyl (C=O) groups is 1. The van der Waals surface area contributed by atoms with Crippen molar-refractivity contribution in [3.8, 4) is 0 Å². The molecular formula is C15H29ClN2O. The molecule has 0 saturated heterocycles. The molecule has 2 bridgehead atoms. The zero-order valence-electron chi connectivity index (χ0n) is 12.7. The van der Waals surface area contributed by atoms with Crippen molar-refractivity contribution < 1.29 is 4.79 Å². The van der Waals surface area contributed by atoms with E-state index >= 15 is 0 Å². The smallest absolute Gasteiger partial charge is 0.237 e. The molecule has 4 unspecified atom stereocenters. The van der Waals surface area contributed by atoms with E-state index in [0.717, 1.165) is 25.2 Å². The van der Waals surface area contributed by atoms with E-state index in [0.29, 0.717) is 11.5 Å². The van der Waals surface area contributed by atoms with Crippen LogP contribution < -0.4 is 11.1 Å². The van der Waals surface area contributed by atoms with E-state index in [1.807, 2.05) is 0 Å². The highest BCUT2D eigenvalue weighted by atomic mass is 35.5. The quantitative estimate of drug-likeness (QED) is 0.836. The molecule has 0 heterocycles. The Morgan fingerprint density at radius 2 is 2.05 bits per heavy atom. The summed E-state index contributed by atoms with van der Waals surface area (Å²) in [5, 5.41) is 3.23. The lowest BCUT2D eigenvalue weighted by atomic mass is 9.69. The van der Waals surface area contributed by atoms with Crippen molar-refractivity contribution in [3.05, 3.63) is 0 Å². The zero-order valence-corrected chi connectivity index (χ0v) is 13.5. The minimum Gasteiger partial charge on any atom is -0.351 e. The fraction of sp³-hybridized carbons (Fsp3) is 0.933. The van der Waals surface area contributed by atoms with Crippen LogP contribution in [0.5, 0.6) is 0 Å². The number of fused-ring (bicyclic) bond motifs is 2. The highest BCUT2D eigenvalue weighted by Crippen LogP contribution is 2.65. The Labute approximate surface area is 123 Å². The Morgan fingerprint density at radius 1 is 1.42 bits per heavy atom. The number of rotatable bonds is 4. The van der Waals surface area contributed by atoms with Crippen molar-refractivity contribution in [1.29, 1.82) is 0 Å². The Bertz CT molecular complexity index is 345. The van der Waals surface area contributed by atoms with Gasteiger partial charge in [-0.15, -0.1) is 12.4 Å². The van der Waals surface area contributed by atoms with Gasteiger partial charge in [-0.3, -0.25) is 4.79 Å². The highest BCUT2D eigenvalue weighted by molar-refractivity contribution is 5.85. The number of amides is 1. The van der Waals surface area contributed by atoms with Crippen LogP contribution in [0.25, 0.3) is 0 Å². The first-order chi connectivity index (χ1) is 8.33. The maximum atomic E-state index is 12.1. The summed E-state index contributed by atoms with van der Waals surface area (Å²) in [7, 11) is 0. The fourth-order valence-corrected chi connectivity index (χ4v) is 4.14. The van der Waals surface area contributed by atoms with Crippen LogP contribution in [-0.4, -0.2) is 18.0 Å². The van der Waals surface area contributed by atoms with Crippen molar-refractivity contribution in [2.45, 2.75) is 71.9 Å². The van der Waals surface area contributed by atoms with Crippen LogP contribution in [0.1, 0.15) is 59.8 Å². The predicted molar refractivity (Wildman–Crippen MR) is 81.3 cm³/mol. The van der Waals surface area contributed by atoms with Crippen molar-refractivity contribution in [2.75, 3.05) is 0 Å². The van der Waals surface area contributed by atoms with Crippen LogP contribution in [0.15, 0.2) is 0 Å². The minimum atomic E-state index is -0.333. The lowest BCUT2D eigenvalue weighted by Gasteiger charge is -2.39. The number of hydrogen-bond acceptors (Lipinski definition) is 2. The number of carbonyl (C=O) groups excluding carboxylic acids is 1. The van der Waals surface area contributed by atoms with E-state index in [9.17, 15) is 4.79 Å². The summed E-state index contributed by atoms with van der Waals surface area (Å²) in [6, 6.07) is -0.0116. The second-order valence-corrected chi connectivity index (χ2v) is 7.07. The molecule has 3 nitrogen and oxygen atoms in total. The van der Waals surface area contributed by atoms with Crippen molar-refractivity contribution >= 4 is 18.3 Å². The topological polar surface area (TPSA) is 55.1 Å². The third kappa shape index (κ3) is 2.52. The summed E-state index contributed by atoms with van der Waals surface area (Å²) >= 11 is 0. The van der Waals surface area contributed by atoms with Gasteiger partial charge in [-0.2, -0.15) is 0 Å². The Morgan fingerprint density at radius 3 is 2.47 bits per heavy atom. The van der Waals surface area contributed by atoms with Crippen LogP contribution in [-0.2, 0) is 4.79 Å². The van der Waals surface area contributed by atoms with Crippen molar-refractivity contribution in [3.63, 3.8) is 0 Å². The predicted octanol–water partition coefficient (Wildman–Crippen LogP) is 2.87. The Hall–Kier alpha value is -0.280. The molecule has 0 spiro atoms. The molecule has 4 atom stereocenters. The Balaban J connectivity index is 0.00000180. The van der Waals surface area contributed by atoms with Gasteiger partial charge in [-0.1, -0.05) is 34.1 Å². The summed E-state index contributed by atoms with van der Waals surface area (Å²) in [5.74, 6) is 0.807. The average Bonchev–Trinajstić information content (AvgIpc) is 2.62. The van der Waals surface area contributed by atoms with Gasteiger partial charge in [0.25, 0.3) is 0 Å². The second kappa shape index (κ2) is 5.61.